The third-order valence-electron chi connectivity index (χ3n) is 3.06. The number of nitrogens with zero attached hydrogens (tertiary/aromatic N) is 4. The standard InChI is InChI=1S/C13H11BrClFN4O/c14-9-7-8(16)3-4-10(9)21-13-18-11(15)17-12(19-13)20-5-1-2-6-20/h3-4,7H,1-2,5-6H2. The number of aromatic nitrogens is 3. The highest BCUT2D eigenvalue weighted by molar-refractivity contribution is 9.10. The highest BCUT2D eigenvalue weighted by Gasteiger charge is 2.18. The Kier molecular flexibility index (Phi) is 4.21. The molecule has 0 unspecified atom stereocenters. The van der Waals surface area contributed by atoms with E-state index < -0.39 is 0 Å². The van der Waals surface area contributed by atoms with E-state index >= 15 is 0 Å². The predicted molar refractivity (Wildman–Crippen MR) is 80.5 cm³/mol. The van der Waals surface area contributed by atoms with Crippen molar-refractivity contribution in [2.24, 2.45) is 0 Å². The largest absolute Gasteiger partial charge is 0.423 e. The lowest BCUT2D eigenvalue weighted by atomic mass is 10.3. The van der Waals surface area contributed by atoms with Crippen LogP contribution in [0, 0.1) is 5.82 Å². The summed E-state index contributed by atoms with van der Waals surface area (Å²) in [6.45, 7) is 1.78. The number of halogens is 3. The van der Waals surface area contributed by atoms with E-state index in [1.807, 2.05) is 4.90 Å². The first kappa shape index (κ1) is 14.5. The van der Waals surface area contributed by atoms with Gasteiger partial charge in [-0.3, -0.25) is 0 Å². The quantitative estimate of drug-likeness (QED) is 0.818. The molecule has 0 amide bonds. The van der Waals surface area contributed by atoms with Gasteiger partial charge in [-0.1, -0.05) is 0 Å². The number of hydrogen-bond acceptors (Lipinski definition) is 5. The zero-order valence-corrected chi connectivity index (χ0v) is 13.2. The molecule has 2 aromatic rings. The third-order valence-corrected chi connectivity index (χ3v) is 3.85. The molecule has 0 N–H and O–H groups in total. The van der Waals surface area contributed by atoms with Crippen molar-refractivity contribution < 1.29 is 9.13 Å². The van der Waals surface area contributed by atoms with Gasteiger partial charge in [-0.05, 0) is 58.6 Å². The lowest BCUT2D eigenvalue weighted by Crippen LogP contribution is -2.21. The van der Waals surface area contributed by atoms with Crippen molar-refractivity contribution in [2.75, 3.05) is 18.0 Å². The van der Waals surface area contributed by atoms with Crippen LogP contribution in [0.3, 0.4) is 0 Å². The molecule has 2 heterocycles. The molecular formula is C13H11BrClFN4O. The molecular weight excluding hydrogens is 363 g/mol. The Morgan fingerprint density at radius 2 is 1.95 bits per heavy atom. The Morgan fingerprint density at radius 3 is 2.67 bits per heavy atom. The molecule has 1 aliphatic rings. The minimum atomic E-state index is -0.361. The van der Waals surface area contributed by atoms with Crippen molar-refractivity contribution in [3.05, 3.63) is 33.8 Å². The molecule has 0 spiro atoms. The SMILES string of the molecule is Fc1ccc(Oc2nc(Cl)nc(N3CCCC3)n2)c(Br)c1. The van der Waals surface area contributed by atoms with Gasteiger partial charge in [0.2, 0.25) is 11.2 Å². The maximum atomic E-state index is 13.1. The van der Waals surface area contributed by atoms with Crippen LogP contribution in [-0.2, 0) is 0 Å². The first-order valence-corrected chi connectivity index (χ1v) is 7.58. The fourth-order valence-electron chi connectivity index (χ4n) is 2.08. The summed E-state index contributed by atoms with van der Waals surface area (Å²) in [5.41, 5.74) is 0. The molecule has 5 nitrogen and oxygen atoms in total. The molecule has 1 aromatic carbocycles. The van der Waals surface area contributed by atoms with E-state index in [1.165, 1.54) is 18.2 Å². The van der Waals surface area contributed by atoms with Crippen molar-refractivity contribution in [1.29, 1.82) is 0 Å². The topological polar surface area (TPSA) is 51.1 Å². The van der Waals surface area contributed by atoms with Gasteiger partial charge >= 0.3 is 6.01 Å². The second-order valence-electron chi connectivity index (χ2n) is 4.56. The highest BCUT2D eigenvalue weighted by Crippen LogP contribution is 2.29. The van der Waals surface area contributed by atoms with Crippen LogP contribution in [0.1, 0.15) is 12.8 Å². The normalized spacial score (nSPS) is 14.5. The third kappa shape index (κ3) is 3.41. The second-order valence-corrected chi connectivity index (χ2v) is 5.75. The fraction of sp³-hybridized carbons (Fsp3) is 0.308. The van der Waals surface area contributed by atoms with Crippen LogP contribution in [0.5, 0.6) is 11.8 Å². The van der Waals surface area contributed by atoms with Gasteiger partial charge in [0.25, 0.3) is 0 Å². The van der Waals surface area contributed by atoms with E-state index in [4.69, 9.17) is 16.3 Å². The molecule has 0 atom stereocenters. The Morgan fingerprint density at radius 1 is 1.19 bits per heavy atom. The van der Waals surface area contributed by atoms with Crippen LogP contribution in [0.15, 0.2) is 22.7 Å². The van der Waals surface area contributed by atoms with Crippen LogP contribution >= 0.6 is 27.5 Å². The number of benzene rings is 1. The van der Waals surface area contributed by atoms with Gasteiger partial charge in [0, 0.05) is 13.1 Å². The van der Waals surface area contributed by atoms with Gasteiger partial charge in [-0.2, -0.15) is 15.0 Å². The first-order chi connectivity index (χ1) is 10.1. The molecule has 0 aliphatic carbocycles. The number of rotatable bonds is 3. The van der Waals surface area contributed by atoms with Gasteiger partial charge in [0.1, 0.15) is 11.6 Å². The minimum Gasteiger partial charge on any atom is -0.423 e. The van der Waals surface area contributed by atoms with Crippen molar-refractivity contribution in [3.63, 3.8) is 0 Å². The van der Waals surface area contributed by atoms with E-state index in [-0.39, 0.29) is 17.1 Å². The van der Waals surface area contributed by atoms with Crippen LogP contribution in [0.2, 0.25) is 5.28 Å². The monoisotopic (exact) mass is 372 g/mol. The van der Waals surface area contributed by atoms with Gasteiger partial charge in [-0.15, -0.1) is 0 Å². The van der Waals surface area contributed by atoms with Gasteiger partial charge < -0.3 is 9.64 Å². The van der Waals surface area contributed by atoms with Crippen molar-refractivity contribution in [3.8, 4) is 11.8 Å². The summed E-state index contributed by atoms with van der Waals surface area (Å²) in [6, 6.07) is 4.18. The fourth-order valence-corrected chi connectivity index (χ4v) is 2.66. The summed E-state index contributed by atoms with van der Waals surface area (Å²) in [5, 5.41) is 0.0696. The van der Waals surface area contributed by atoms with Crippen molar-refractivity contribution in [1.82, 2.24) is 15.0 Å². The molecule has 21 heavy (non-hydrogen) atoms. The molecule has 0 bridgehead atoms. The second kappa shape index (κ2) is 6.11. The average Bonchev–Trinajstić information content (AvgIpc) is 2.95. The molecule has 3 rings (SSSR count). The van der Waals surface area contributed by atoms with E-state index in [1.54, 1.807) is 0 Å². The lowest BCUT2D eigenvalue weighted by molar-refractivity contribution is 0.435. The molecule has 0 saturated carbocycles. The van der Waals surface area contributed by atoms with E-state index in [0.29, 0.717) is 16.2 Å². The Labute approximate surface area is 134 Å². The van der Waals surface area contributed by atoms with Crippen LogP contribution < -0.4 is 9.64 Å². The lowest BCUT2D eigenvalue weighted by Gasteiger charge is -2.15. The van der Waals surface area contributed by atoms with E-state index in [2.05, 4.69) is 30.9 Å². The van der Waals surface area contributed by atoms with Crippen molar-refractivity contribution >= 4 is 33.5 Å². The summed E-state index contributed by atoms with van der Waals surface area (Å²) < 4.78 is 19.1. The van der Waals surface area contributed by atoms with Crippen molar-refractivity contribution in [2.45, 2.75) is 12.8 Å². The molecule has 110 valence electrons. The van der Waals surface area contributed by atoms with Crippen LogP contribution in [0.4, 0.5) is 10.3 Å². The number of anilines is 1. The maximum absolute atomic E-state index is 13.1. The highest BCUT2D eigenvalue weighted by atomic mass is 79.9. The average molecular weight is 374 g/mol. The number of hydrogen-bond donors (Lipinski definition) is 0. The predicted octanol–water partition coefficient (Wildman–Crippen LogP) is 3.82. The summed E-state index contributed by atoms with van der Waals surface area (Å²) in [6.07, 6.45) is 2.20. The summed E-state index contributed by atoms with van der Waals surface area (Å²) >= 11 is 9.15. The van der Waals surface area contributed by atoms with Crippen LogP contribution in [-0.4, -0.2) is 28.0 Å². The van der Waals surface area contributed by atoms with E-state index in [9.17, 15) is 4.39 Å². The minimum absolute atomic E-state index is 0.0696. The molecule has 0 radical (unpaired) electrons. The Hall–Kier alpha value is -1.47. The zero-order chi connectivity index (χ0) is 14.8. The van der Waals surface area contributed by atoms with Gasteiger partial charge in [0.15, 0.2) is 0 Å². The van der Waals surface area contributed by atoms with Gasteiger partial charge in [-0.25, -0.2) is 4.39 Å². The number of ether oxygens (including phenoxy) is 1. The Balaban J connectivity index is 1.87. The summed E-state index contributed by atoms with van der Waals surface area (Å²) in [7, 11) is 0. The first-order valence-electron chi connectivity index (χ1n) is 6.41. The smallest absolute Gasteiger partial charge is 0.328 e. The molecule has 1 aromatic heterocycles. The van der Waals surface area contributed by atoms with Crippen LogP contribution in [0.25, 0.3) is 0 Å². The van der Waals surface area contributed by atoms with E-state index in [0.717, 1.165) is 25.9 Å². The Bertz CT molecular complexity index is 667. The molecule has 1 fully saturated rings. The molecule has 1 aliphatic heterocycles. The molecule has 1 saturated heterocycles. The van der Waals surface area contributed by atoms with Gasteiger partial charge in [0.05, 0.1) is 4.47 Å². The molecule has 8 heteroatoms. The maximum Gasteiger partial charge on any atom is 0.328 e. The summed E-state index contributed by atoms with van der Waals surface area (Å²) in [5.74, 6) is 0.549. The zero-order valence-electron chi connectivity index (χ0n) is 10.9. The summed E-state index contributed by atoms with van der Waals surface area (Å²) in [4.78, 5) is 14.3.